The zero-order valence-electron chi connectivity index (χ0n) is 14.0. The Morgan fingerprint density at radius 2 is 1.76 bits per heavy atom. The zero-order chi connectivity index (χ0) is 17.9. The van der Waals surface area contributed by atoms with Crippen molar-refractivity contribution < 1.29 is 24.2 Å². The number of ether oxygens (including phenoxy) is 2. The molecule has 1 aliphatic rings. The Morgan fingerprint density at radius 3 is 2.32 bits per heavy atom. The summed E-state index contributed by atoms with van der Waals surface area (Å²) < 4.78 is 10.5. The number of methoxy groups -OCH3 is 1. The number of hydrogen-bond donors (Lipinski definition) is 1. The zero-order valence-corrected chi connectivity index (χ0v) is 14.0. The summed E-state index contributed by atoms with van der Waals surface area (Å²) >= 11 is 0. The van der Waals surface area contributed by atoms with Gasteiger partial charge in [0, 0.05) is 0 Å². The summed E-state index contributed by atoms with van der Waals surface area (Å²) in [5.41, 5.74) is 1.03. The van der Waals surface area contributed by atoms with Gasteiger partial charge in [0.1, 0.15) is 12.4 Å². The standard InChI is InChI=1S/C20H20O5/c1-24-19(23)20(12-17(20)18(21)22)11-14-7-9-16(10-8-14)25-13-15-5-3-2-4-6-15/h2-10,17H,11-13H2,1H3,(H,21,22)/t17-,20+/m0/s1. The lowest BCUT2D eigenvalue weighted by Gasteiger charge is -2.14. The third-order valence-electron chi connectivity index (χ3n) is 4.66. The Hall–Kier alpha value is -2.82. The fourth-order valence-electron chi connectivity index (χ4n) is 3.13. The first-order chi connectivity index (χ1) is 12.0. The summed E-state index contributed by atoms with van der Waals surface area (Å²) in [6.07, 6.45) is 0.677. The van der Waals surface area contributed by atoms with Crippen molar-refractivity contribution in [2.75, 3.05) is 7.11 Å². The lowest BCUT2D eigenvalue weighted by Crippen LogP contribution is -2.25. The van der Waals surface area contributed by atoms with Gasteiger partial charge in [0.25, 0.3) is 0 Å². The van der Waals surface area contributed by atoms with Crippen molar-refractivity contribution in [1.82, 2.24) is 0 Å². The lowest BCUT2D eigenvalue weighted by molar-refractivity contribution is -0.151. The quantitative estimate of drug-likeness (QED) is 0.784. The highest BCUT2D eigenvalue weighted by atomic mass is 16.5. The monoisotopic (exact) mass is 340 g/mol. The Balaban J connectivity index is 1.64. The van der Waals surface area contributed by atoms with E-state index in [0.29, 0.717) is 19.4 Å². The van der Waals surface area contributed by atoms with E-state index in [1.165, 1.54) is 7.11 Å². The van der Waals surface area contributed by atoms with E-state index >= 15 is 0 Å². The fraction of sp³-hybridized carbons (Fsp3) is 0.300. The molecule has 3 rings (SSSR count). The second-order valence-electron chi connectivity index (χ2n) is 6.34. The van der Waals surface area contributed by atoms with Crippen LogP contribution in [0.3, 0.4) is 0 Å². The van der Waals surface area contributed by atoms with Crippen molar-refractivity contribution in [3.05, 3.63) is 65.7 Å². The molecule has 2 aromatic rings. The molecule has 0 bridgehead atoms. The van der Waals surface area contributed by atoms with Gasteiger partial charge in [-0.05, 0) is 36.1 Å². The van der Waals surface area contributed by atoms with Crippen molar-refractivity contribution >= 4 is 11.9 Å². The van der Waals surface area contributed by atoms with E-state index in [1.54, 1.807) is 0 Å². The van der Waals surface area contributed by atoms with Crippen LogP contribution in [0.1, 0.15) is 17.5 Å². The molecule has 1 N–H and O–H groups in total. The molecule has 0 saturated heterocycles. The van der Waals surface area contributed by atoms with Crippen molar-refractivity contribution in [1.29, 1.82) is 0 Å². The van der Waals surface area contributed by atoms with Crippen molar-refractivity contribution in [3.8, 4) is 5.75 Å². The summed E-state index contributed by atoms with van der Waals surface area (Å²) in [4.78, 5) is 23.3. The summed E-state index contributed by atoms with van der Waals surface area (Å²) in [6.45, 7) is 0.480. The molecule has 0 spiro atoms. The van der Waals surface area contributed by atoms with Crippen molar-refractivity contribution in [2.45, 2.75) is 19.4 Å². The molecule has 5 nitrogen and oxygen atoms in total. The molecule has 0 aliphatic heterocycles. The van der Waals surface area contributed by atoms with Crippen LogP contribution in [0.25, 0.3) is 0 Å². The molecule has 2 atom stereocenters. The first-order valence-electron chi connectivity index (χ1n) is 8.12. The van der Waals surface area contributed by atoms with Crippen LogP contribution < -0.4 is 4.74 Å². The van der Waals surface area contributed by atoms with Gasteiger partial charge in [-0.2, -0.15) is 0 Å². The van der Waals surface area contributed by atoms with Crippen molar-refractivity contribution in [3.63, 3.8) is 0 Å². The molecule has 1 fully saturated rings. The minimum absolute atomic E-state index is 0.321. The maximum atomic E-state index is 12.0. The van der Waals surface area contributed by atoms with E-state index in [-0.39, 0.29) is 0 Å². The first-order valence-corrected chi connectivity index (χ1v) is 8.12. The van der Waals surface area contributed by atoms with Gasteiger partial charge in [-0.25, -0.2) is 0 Å². The van der Waals surface area contributed by atoms with Crippen molar-refractivity contribution in [2.24, 2.45) is 11.3 Å². The van der Waals surface area contributed by atoms with E-state index in [1.807, 2.05) is 54.6 Å². The van der Waals surface area contributed by atoms with Gasteiger partial charge in [-0.15, -0.1) is 0 Å². The molecule has 0 aromatic heterocycles. The minimum atomic E-state index is -0.951. The van der Waals surface area contributed by atoms with E-state index < -0.39 is 23.3 Å². The van der Waals surface area contributed by atoms with Gasteiger partial charge >= 0.3 is 11.9 Å². The van der Waals surface area contributed by atoms with E-state index in [4.69, 9.17) is 9.47 Å². The number of aliphatic carboxylic acids is 1. The molecule has 5 heteroatoms. The minimum Gasteiger partial charge on any atom is -0.489 e. The van der Waals surface area contributed by atoms with E-state index in [0.717, 1.165) is 16.9 Å². The Morgan fingerprint density at radius 1 is 1.08 bits per heavy atom. The third kappa shape index (κ3) is 3.65. The average Bonchev–Trinajstić information content (AvgIpc) is 3.37. The predicted octanol–water partition coefficient (Wildman–Crippen LogP) is 3.07. The fourth-order valence-corrected chi connectivity index (χ4v) is 3.13. The molecule has 0 amide bonds. The first kappa shape index (κ1) is 17.0. The second-order valence-corrected chi connectivity index (χ2v) is 6.34. The Labute approximate surface area is 146 Å². The lowest BCUT2D eigenvalue weighted by atomic mass is 9.94. The number of benzene rings is 2. The number of esters is 1. The predicted molar refractivity (Wildman–Crippen MR) is 91.1 cm³/mol. The molecule has 25 heavy (non-hydrogen) atoms. The average molecular weight is 340 g/mol. The molecule has 0 unspecified atom stereocenters. The van der Waals surface area contributed by atoms with Crippen LogP contribution in [0.5, 0.6) is 5.75 Å². The maximum absolute atomic E-state index is 12.0. The largest absolute Gasteiger partial charge is 0.489 e. The molecule has 2 aromatic carbocycles. The highest BCUT2D eigenvalue weighted by Crippen LogP contribution is 2.55. The molecule has 0 heterocycles. The smallest absolute Gasteiger partial charge is 0.313 e. The molecule has 130 valence electrons. The topological polar surface area (TPSA) is 72.8 Å². The van der Waals surface area contributed by atoms with Crippen LogP contribution in [0, 0.1) is 11.3 Å². The third-order valence-corrected chi connectivity index (χ3v) is 4.66. The summed E-state index contributed by atoms with van der Waals surface area (Å²) in [5, 5.41) is 9.21. The highest BCUT2D eigenvalue weighted by Gasteiger charge is 2.64. The Kier molecular flexibility index (Phi) is 4.74. The van der Waals surface area contributed by atoms with Crippen LogP contribution in [0.2, 0.25) is 0 Å². The van der Waals surface area contributed by atoms with Crippen LogP contribution >= 0.6 is 0 Å². The molecular weight excluding hydrogens is 320 g/mol. The number of rotatable bonds is 7. The van der Waals surface area contributed by atoms with Crippen LogP contribution in [-0.2, 0) is 27.4 Å². The number of carboxylic acids is 1. The summed E-state index contributed by atoms with van der Waals surface area (Å²) in [6, 6.07) is 17.3. The normalized spacial score (nSPS) is 21.4. The van der Waals surface area contributed by atoms with Crippen LogP contribution in [0.15, 0.2) is 54.6 Å². The van der Waals surface area contributed by atoms with Gasteiger partial charge in [0.2, 0.25) is 0 Å². The summed E-state index contributed by atoms with van der Waals surface area (Å²) in [7, 11) is 1.29. The summed E-state index contributed by atoms with van der Waals surface area (Å²) in [5.74, 6) is -1.35. The van der Waals surface area contributed by atoms with E-state index in [2.05, 4.69) is 0 Å². The highest BCUT2D eigenvalue weighted by molar-refractivity contribution is 5.90. The second kappa shape index (κ2) is 6.97. The molecule has 0 radical (unpaired) electrons. The van der Waals surface area contributed by atoms with Gasteiger partial charge < -0.3 is 14.6 Å². The molecular formula is C20H20O5. The molecule has 1 aliphatic carbocycles. The van der Waals surface area contributed by atoms with Gasteiger partial charge in [-0.1, -0.05) is 42.5 Å². The number of carbonyl (C=O) groups is 2. The van der Waals surface area contributed by atoms with Crippen LogP contribution in [-0.4, -0.2) is 24.2 Å². The van der Waals surface area contributed by atoms with Gasteiger partial charge in [0.05, 0.1) is 18.4 Å². The van der Waals surface area contributed by atoms with Crippen LogP contribution in [0.4, 0.5) is 0 Å². The van der Waals surface area contributed by atoms with Gasteiger partial charge in [-0.3, -0.25) is 9.59 Å². The number of carboxylic acid groups (broad SMARTS) is 1. The Bertz CT molecular complexity index is 753. The van der Waals surface area contributed by atoms with Gasteiger partial charge in [0.15, 0.2) is 0 Å². The molecule has 1 saturated carbocycles. The number of carbonyl (C=O) groups excluding carboxylic acids is 1. The van der Waals surface area contributed by atoms with E-state index in [9.17, 15) is 14.7 Å². The maximum Gasteiger partial charge on any atom is 0.313 e. The SMILES string of the molecule is COC(=O)[C@]1(Cc2ccc(OCc3ccccc3)cc2)C[C@H]1C(=O)O. The number of hydrogen-bond acceptors (Lipinski definition) is 4.